The number of likely N-dealkylation sites (N-methyl/N-ethyl adjacent to an activating group) is 1. The van der Waals surface area contributed by atoms with Crippen molar-refractivity contribution in [1.29, 1.82) is 0 Å². The molecule has 2 aromatic rings. The van der Waals surface area contributed by atoms with E-state index in [0.717, 1.165) is 23.1 Å². The van der Waals surface area contributed by atoms with Gasteiger partial charge in [0.2, 0.25) is 0 Å². The van der Waals surface area contributed by atoms with Crippen LogP contribution < -0.4 is 34.2 Å². The molecule has 1 unspecified atom stereocenters. The van der Waals surface area contributed by atoms with Crippen molar-refractivity contribution in [2.45, 2.75) is 48.4 Å². The lowest BCUT2D eigenvalue weighted by molar-refractivity contribution is -0.898. The number of benzene rings is 2. The fourth-order valence-corrected chi connectivity index (χ4v) is 6.11. The Morgan fingerprint density at radius 3 is 2.58 bits per heavy atom. The summed E-state index contributed by atoms with van der Waals surface area (Å²) in [5.74, 6) is 0.746. The van der Waals surface area contributed by atoms with Crippen LogP contribution in [0.25, 0.3) is 0 Å². The Morgan fingerprint density at radius 1 is 1.13 bits per heavy atom. The Kier molecular flexibility index (Phi) is 6.89. The molecule has 31 heavy (non-hydrogen) atoms. The number of likely N-dealkylation sites (tertiary alicyclic amines) is 1. The topological polar surface area (TPSA) is 32.3 Å². The van der Waals surface area contributed by atoms with E-state index in [0.29, 0.717) is 12.0 Å². The van der Waals surface area contributed by atoms with E-state index in [1.165, 1.54) is 59.9 Å². The maximum absolute atomic E-state index is 12.8. The monoisotopic (exact) mass is 549 g/mol. The van der Waals surface area contributed by atoms with Gasteiger partial charge in [0.1, 0.15) is 0 Å². The highest BCUT2D eigenvalue weighted by Crippen LogP contribution is 2.49. The van der Waals surface area contributed by atoms with E-state index >= 15 is 0 Å². The van der Waals surface area contributed by atoms with Gasteiger partial charge in [0.05, 0.1) is 44.1 Å². The molecule has 5 rings (SSSR count). The minimum Gasteiger partial charge on any atom is -1.00 e. The van der Waals surface area contributed by atoms with Crippen molar-refractivity contribution in [3.05, 3.63) is 48.0 Å². The van der Waals surface area contributed by atoms with Gasteiger partial charge in [0.15, 0.2) is 0 Å². The van der Waals surface area contributed by atoms with Crippen molar-refractivity contribution >= 4 is 29.0 Å². The summed E-state index contributed by atoms with van der Waals surface area (Å²) < 4.78 is 1.14. The first-order valence-electron chi connectivity index (χ1n) is 11.3. The number of hydrogen-bond acceptors (Lipinski definition) is 3. The number of para-hydroxylation sites is 1. The van der Waals surface area contributed by atoms with Crippen LogP contribution in [0.3, 0.4) is 0 Å². The molecule has 0 aromatic heterocycles. The highest BCUT2D eigenvalue weighted by atomic mass is 127. The number of hydrogen-bond donors (Lipinski definition) is 1. The van der Waals surface area contributed by atoms with E-state index in [4.69, 9.17) is 0 Å². The van der Waals surface area contributed by atoms with E-state index < -0.39 is 0 Å². The molecule has 0 radical (unpaired) electrons. The van der Waals surface area contributed by atoms with Gasteiger partial charge in [-0.2, -0.15) is 0 Å². The normalized spacial score (nSPS) is 19.7. The summed E-state index contributed by atoms with van der Waals surface area (Å²) >= 11 is 1.82. The smallest absolute Gasteiger partial charge is 0.251 e. The van der Waals surface area contributed by atoms with Crippen molar-refractivity contribution < 1.29 is 33.3 Å². The number of rotatable bonds is 6. The summed E-state index contributed by atoms with van der Waals surface area (Å²) in [6, 6.07) is 15.3. The van der Waals surface area contributed by atoms with Gasteiger partial charge >= 0.3 is 0 Å². The average molecular weight is 550 g/mol. The van der Waals surface area contributed by atoms with Gasteiger partial charge in [0, 0.05) is 34.7 Å². The van der Waals surface area contributed by atoms with Gasteiger partial charge in [-0.05, 0) is 56.0 Å². The van der Waals surface area contributed by atoms with Crippen LogP contribution in [0.4, 0.5) is 11.4 Å². The molecule has 3 aliphatic rings. The third kappa shape index (κ3) is 4.91. The third-order valence-electron chi connectivity index (χ3n) is 6.87. The Labute approximate surface area is 207 Å². The summed E-state index contributed by atoms with van der Waals surface area (Å²) in [5, 5.41) is 3.13. The van der Waals surface area contributed by atoms with E-state index in [9.17, 15) is 4.79 Å². The zero-order valence-electron chi connectivity index (χ0n) is 18.4. The first-order valence-corrected chi connectivity index (χ1v) is 12.2. The minimum atomic E-state index is 0. The van der Waals surface area contributed by atoms with E-state index in [1.807, 2.05) is 17.8 Å². The van der Waals surface area contributed by atoms with Crippen molar-refractivity contribution in [3.63, 3.8) is 0 Å². The zero-order valence-corrected chi connectivity index (χ0v) is 21.4. The average Bonchev–Trinajstić information content (AvgIpc) is 3.48. The maximum Gasteiger partial charge on any atom is 0.251 e. The largest absolute Gasteiger partial charge is 1.00 e. The van der Waals surface area contributed by atoms with Crippen LogP contribution in [0, 0.1) is 5.92 Å². The first kappa shape index (κ1) is 22.9. The molecule has 2 heterocycles. The number of anilines is 2. The second-order valence-corrected chi connectivity index (χ2v) is 10.7. The van der Waals surface area contributed by atoms with Crippen molar-refractivity contribution in [2.75, 3.05) is 38.1 Å². The van der Waals surface area contributed by atoms with Crippen molar-refractivity contribution in [1.82, 2.24) is 5.32 Å². The highest BCUT2D eigenvalue weighted by Gasteiger charge is 2.34. The lowest BCUT2D eigenvalue weighted by Gasteiger charge is -2.41. The number of carbonyl (C=O) groups is 1. The van der Waals surface area contributed by atoms with Crippen LogP contribution in [-0.4, -0.2) is 49.7 Å². The molecule has 1 aliphatic carbocycles. The SMILES string of the molecule is CC(C[N+]1(C)CCCC1)N1c2ccccc2Sc2ccc(C(=O)NCC3CC3)cc21.[I-]. The second-order valence-electron chi connectivity index (χ2n) is 9.58. The maximum atomic E-state index is 12.8. The van der Waals surface area contributed by atoms with E-state index in [-0.39, 0.29) is 29.9 Å². The fraction of sp³-hybridized carbons (Fsp3) is 0.480. The zero-order chi connectivity index (χ0) is 20.7. The Balaban J connectivity index is 0.00000231. The molecule has 1 atom stereocenters. The standard InChI is InChI=1S/C25H31N3OS.HI/c1-18(17-28(2)13-5-6-14-28)27-21-7-3-4-8-23(21)30-24-12-11-20(15-22(24)27)25(29)26-16-19-9-10-19;/h3-4,7-8,11-12,15,18-19H,5-6,9-10,13-14,16-17H2,1-2H3;1H. The van der Waals surface area contributed by atoms with E-state index in [2.05, 4.69) is 60.6 Å². The van der Waals surface area contributed by atoms with Crippen LogP contribution in [0.2, 0.25) is 0 Å². The molecular formula is C25H32IN3OS. The molecule has 0 bridgehead atoms. The minimum absolute atomic E-state index is 0. The van der Waals surface area contributed by atoms with Crippen LogP contribution in [0.5, 0.6) is 0 Å². The molecule has 0 spiro atoms. The number of halogens is 1. The quantitative estimate of drug-likeness (QED) is 0.443. The number of nitrogens with zero attached hydrogens (tertiary/aromatic N) is 2. The van der Waals surface area contributed by atoms with Gasteiger partial charge in [-0.3, -0.25) is 4.79 Å². The number of carbonyl (C=O) groups excluding carboxylic acids is 1. The van der Waals surface area contributed by atoms with Crippen LogP contribution in [0.1, 0.15) is 43.0 Å². The molecule has 166 valence electrons. The number of quaternary nitrogens is 1. The number of fused-ring (bicyclic) bond motifs is 2. The molecule has 1 saturated heterocycles. The van der Waals surface area contributed by atoms with E-state index in [1.54, 1.807) is 0 Å². The fourth-order valence-electron chi connectivity index (χ4n) is 5.06. The molecule has 1 saturated carbocycles. The Morgan fingerprint density at radius 2 is 1.84 bits per heavy atom. The lowest BCUT2D eigenvalue weighted by Crippen LogP contribution is -3.00. The van der Waals surface area contributed by atoms with Gasteiger partial charge in [-0.25, -0.2) is 0 Å². The Bertz CT molecular complexity index is 956. The highest BCUT2D eigenvalue weighted by molar-refractivity contribution is 7.99. The predicted octanol–water partition coefficient (Wildman–Crippen LogP) is 2.06. The van der Waals surface area contributed by atoms with Gasteiger partial charge < -0.3 is 38.7 Å². The summed E-state index contributed by atoms with van der Waals surface area (Å²) in [6.45, 7) is 6.81. The van der Waals surface area contributed by atoms with Crippen LogP contribution in [-0.2, 0) is 0 Å². The van der Waals surface area contributed by atoms with Crippen LogP contribution in [0.15, 0.2) is 52.3 Å². The molecule has 6 heteroatoms. The van der Waals surface area contributed by atoms with Gasteiger partial charge in [0.25, 0.3) is 5.91 Å². The predicted molar refractivity (Wildman–Crippen MR) is 124 cm³/mol. The third-order valence-corrected chi connectivity index (χ3v) is 8.00. The summed E-state index contributed by atoms with van der Waals surface area (Å²) in [7, 11) is 2.40. The first-order chi connectivity index (χ1) is 14.5. The van der Waals surface area contributed by atoms with Gasteiger partial charge in [-0.1, -0.05) is 23.9 Å². The van der Waals surface area contributed by atoms with Crippen molar-refractivity contribution in [3.8, 4) is 0 Å². The number of amides is 1. The molecule has 4 nitrogen and oxygen atoms in total. The summed E-state index contributed by atoms with van der Waals surface area (Å²) in [4.78, 5) is 17.8. The molecule has 1 amide bonds. The van der Waals surface area contributed by atoms with Gasteiger partial charge in [-0.15, -0.1) is 0 Å². The summed E-state index contributed by atoms with van der Waals surface area (Å²) in [5.41, 5.74) is 3.22. The molecule has 2 aliphatic heterocycles. The molecular weight excluding hydrogens is 517 g/mol. The number of nitrogens with one attached hydrogen (secondary N) is 1. The molecule has 2 aromatic carbocycles. The van der Waals surface area contributed by atoms with Crippen LogP contribution >= 0.6 is 11.8 Å². The molecule has 1 N–H and O–H groups in total. The second kappa shape index (κ2) is 9.32. The van der Waals surface area contributed by atoms with Crippen molar-refractivity contribution in [2.24, 2.45) is 5.92 Å². The Hall–Kier alpha value is -1.25. The molecule has 2 fully saturated rings. The summed E-state index contributed by atoms with van der Waals surface area (Å²) in [6.07, 6.45) is 5.16. The lowest BCUT2D eigenvalue weighted by atomic mass is 10.1.